The number of hydrogen-bond donors (Lipinski definition) is 0. The van der Waals surface area contributed by atoms with Crippen LogP contribution in [-0.2, 0) is 21.7 Å². The van der Waals surface area contributed by atoms with E-state index in [-0.39, 0.29) is 10.8 Å². The molecule has 0 unspecified atom stereocenters. The minimum atomic E-state index is -0.642. The molecule has 0 bridgehead atoms. The third-order valence-corrected chi connectivity index (χ3v) is 25.5. The first-order valence-corrected chi connectivity index (χ1v) is 38.8. The molecule has 0 radical (unpaired) electrons. The highest BCUT2D eigenvalue weighted by atomic mass is 15.0. The molecule has 22 rings (SSSR count). The van der Waals surface area contributed by atoms with Gasteiger partial charge in [-0.1, -0.05) is 331 Å². The Balaban J connectivity index is 0.632. The zero-order valence-electron chi connectivity index (χ0n) is 61.8. The number of para-hydroxylation sites is 2. The molecular weight excluding hydrogens is 1330 g/mol. The van der Waals surface area contributed by atoms with Gasteiger partial charge >= 0.3 is 0 Å². The monoisotopic (exact) mass is 1400 g/mol. The van der Waals surface area contributed by atoms with Gasteiger partial charge in [-0.15, -0.1) is 0 Å². The minimum absolute atomic E-state index is 0.0991. The molecule has 0 spiro atoms. The van der Waals surface area contributed by atoms with Gasteiger partial charge in [-0.3, -0.25) is 0 Å². The SMILES string of the molecule is CC1(C)c2ccccc2-c2ccc(-n3c4ccccc4c4cc(/C=C/c5ccc6c(c5)C(c5ccccc5)(c5ccccc5)c5cc(-c7ccc8c(c7)C(c7ccccc7)(c7ccccc7)c7cc(/C=C/c9ccc%10c(c9)c9ccccc9n%10-c9ccc%10c(c9)C(C)(C)c9ccccc9-%10)ccc7-8)ccc5-6)ccc43)cc21. The van der Waals surface area contributed by atoms with Crippen LogP contribution in [0.15, 0.2) is 364 Å². The van der Waals surface area contributed by atoms with Gasteiger partial charge in [-0.05, 0) is 230 Å². The van der Waals surface area contributed by atoms with Crippen molar-refractivity contribution >= 4 is 67.9 Å². The molecule has 0 fully saturated rings. The highest BCUT2D eigenvalue weighted by Crippen LogP contribution is 2.61. The lowest BCUT2D eigenvalue weighted by Crippen LogP contribution is -2.29. The molecule has 16 aromatic carbocycles. The van der Waals surface area contributed by atoms with E-state index >= 15 is 0 Å². The number of benzene rings is 16. The summed E-state index contributed by atoms with van der Waals surface area (Å²) in [5.74, 6) is 0. The van der Waals surface area contributed by atoms with E-state index in [1.165, 1.54) is 177 Å². The van der Waals surface area contributed by atoms with Crippen molar-refractivity contribution in [3.05, 3.63) is 453 Å². The van der Waals surface area contributed by atoms with Crippen molar-refractivity contribution in [1.29, 1.82) is 0 Å². The van der Waals surface area contributed by atoms with Gasteiger partial charge in [-0.25, -0.2) is 0 Å². The van der Waals surface area contributed by atoms with Gasteiger partial charge in [0.1, 0.15) is 0 Å². The van der Waals surface area contributed by atoms with Crippen molar-refractivity contribution in [1.82, 2.24) is 9.13 Å². The predicted molar refractivity (Wildman–Crippen MR) is 461 cm³/mol. The van der Waals surface area contributed by atoms with E-state index in [2.05, 4.69) is 425 Å². The summed E-state index contributed by atoms with van der Waals surface area (Å²) >= 11 is 0. The van der Waals surface area contributed by atoms with Crippen LogP contribution in [0, 0.1) is 0 Å². The second-order valence-corrected chi connectivity index (χ2v) is 31.8. The number of hydrogen-bond acceptors (Lipinski definition) is 0. The van der Waals surface area contributed by atoms with Crippen LogP contribution in [0.2, 0.25) is 0 Å². The Labute approximate surface area is 642 Å². The maximum atomic E-state index is 2.53. The zero-order chi connectivity index (χ0) is 73.2. The van der Waals surface area contributed by atoms with Gasteiger partial charge < -0.3 is 9.13 Å². The molecule has 0 N–H and O–H groups in total. The van der Waals surface area contributed by atoms with Crippen molar-refractivity contribution in [3.63, 3.8) is 0 Å². The topological polar surface area (TPSA) is 9.86 Å². The Morgan fingerprint density at radius 2 is 0.482 bits per heavy atom. The van der Waals surface area contributed by atoms with E-state index in [0.29, 0.717) is 0 Å². The Hall–Kier alpha value is -13.4. The molecule has 2 heterocycles. The molecule has 518 valence electrons. The molecule has 0 atom stereocenters. The van der Waals surface area contributed by atoms with E-state index < -0.39 is 10.8 Å². The van der Waals surface area contributed by atoms with E-state index in [4.69, 9.17) is 0 Å². The normalized spacial score (nSPS) is 14.8. The van der Waals surface area contributed by atoms with Gasteiger partial charge in [0.25, 0.3) is 0 Å². The van der Waals surface area contributed by atoms with E-state index in [0.717, 1.165) is 22.3 Å². The summed E-state index contributed by atoms with van der Waals surface area (Å²) < 4.78 is 4.93. The summed E-state index contributed by atoms with van der Waals surface area (Å²) in [6.45, 7) is 9.47. The highest BCUT2D eigenvalue weighted by Gasteiger charge is 2.49. The molecule has 2 heteroatoms. The summed E-state index contributed by atoms with van der Waals surface area (Å²) in [5, 5.41) is 4.97. The quantitative estimate of drug-likeness (QED) is 0.114. The van der Waals surface area contributed by atoms with Crippen molar-refractivity contribution < 1.29 is 0 Å². The lowest BCUT2D eigenvalue weighted by Gasteiger charge is -2.35. The van der Waals surface area contributed by atoms with E-state index in [1.807, 2.05) is 0 Å². The molecule has 4 aliphatic rings. The Kier molecular flexibility index (Phi) is 14.0. The van der Waals surface area contributed by atoms with Crippen molar-refractivity contribution in [2.24, 2.45) is 0 Å². The fourth-order valence-corrected chi connectivity index (χ4v) is 20.4. The first-order chi connectivity index (χ1) is 54.0. The fraction of sp³-hybridized carbons (Fsp3) is 0.0741. The van der Waals surface area contributed by atoms with Gasteiger partial charge in [0.2, 0.25) is 0 Å². The van der Waals surface area contributed by atoms with Crippen LogP contribution < -0.4 is 0 Å². The van der Waals surface area contributed by atoms with Crippen molar-refractivity contribution in [2.75, 3.05) is 0 Å². The molecule has 110 heavy (non-hydrogen) atoms. The van der Waals surface area contributed by atoms with Gasteiger partial charge in [0.05, 0.1) is 32.9 Å². The lowest BCUT2D eigenvalue weighted by molar-refractivity contribution is 0.660. The molecule has 2 nitrogen and oxygen atoms in total. The van der Waals surface area contributed by atoms with E-state index in [1.54, 1.807) is 0 Å². The smallest absolute Gasteiger partial charge is 0.0713 e. The number of rotatable bonds is 11. The maximum absolute atomic E-state index is 2.53. The second-order valence-electron chi connectivity index (χ2n) is 31.8. The third kappa shape index (κ3) is 9.17. The maximum Gasteiger partial charge on any atom is 0.0713 e. The zero-order valence-corrected chi connectivity index (χ0v) is 61.8. The van der Waals surface area contributed by atoms with Crippen LogP contribution in [0.25, 0.3) is 135 Å². The van der Waals surface area contributed by atoms with Gasteiger partial charge in [-0.2, -0.15) is 0 Å². The summed E-state index contributed by atoms with van der Waals surface area (Å²) in [6.07, 6.45) is 9.25. The number of aromatic nitrogens is 2. The van der Waals surface area contributed by atoms with Crippen molar-refractivity contribution in [3.8, 4) is 67.0 Å². The largest absolute Gasteiger partial charge is 0.309 e. The first-order valence-electron chi connectivity index (χ1n) is 38.8. The molecular formula is C108H76N2. The Bertz CT molecular complexity index is 6440. The average molecular weight is 1400 g/mol. The average Bonchev–Trinajstić information content (AvgIpc) is 1.53. The standard InChI is InChI=1S/C108H76N2/c1-105(2)93-37-21-17-33-81(93)83-57-51-79(67-95(83)105)109-101-39-23-19-35-89(101)91-61-69(47-59-103(91)109)41-43-71-45-53-85-87-55-49-73(65-99(87)107(97(85)63-71,75-25-9-5-10-26-75)76-27-11-6-12-28-76)74-50-56-88-86-54-46-72(64-98(86)108(100(88)66-74,77-29-13-7-14-30-77)78-31-15-8-16-32-78)44-42-70-48-60-104-92(62-70)90-36-20-24-40-102(90)110(104)80-52-58-84-82-34-18-22-38-94(82)106(3,4)96(84)68-80/h5-68H,1-4H3/b43-41+,44-42+. The summed E-state index contributed by atoms with van der Waals surface area (Å²) in [4.78, 5) is 0. The number of fused-ring (bicyclic) bond motifs is 18. The molecule has 0 aliphatic heterocycles. The van der Waals surface area contributed by atoms with Crippen LogP contribution in [0.1, 0.15) is 117 Å². The highest BCUT2D eigenvalue weighted by molar-refractivity contribution is 6.12. The third-order valence-electron chi connectivity index (χ3n) is 25.5. The summed E-state index contributed by atoms with van der Waals surface area (Å²) in [6, 6.07) is 138. The van der Waals surface area contributed by atoms with Gasteiger partial charge in [0, 0.05) is 43.7 Å². The molecule has 2 aromatic heterocycles. The van der Waals surface area contributed by atoms with Crippen LogP contribution in [0.5, 0.6) is 0 Å². The molecule has 18 aromatic rings. The van der Waals surface area contributed by atoms with Crippen LogP contribution >= 0.6 is 0 Å². The minimum Gasteiger partial charge on any atom is -0.309 e. The van der Waals surface area contributed by atoms with Crippen LogP contribution in [-0.4, -0.2) is 9.13 Å². The summed E-state index contributed by atoms with van der Waals surface area (Å²) in [5.41, 5.74) is 38.6. The van der Waals surface area contributed by atoms with Crippen LogP contribution in [0.4, 0.5) is 0 Å². The van der Waals surface area contributed by atoms with Gasteiger partial charge in [0.15, 0.2) is 0 Å². The van der Waals surface area contributed by atoms with Crippen molar-refractivity contribution in [2.45, 2.75) is 49.4 Å². The molecule has 0 saturated heterocycles. The first kappa shape index (κ1) is 63.8. The van der Waals surface area contributed by atoms with E-state index in [9.17, 15) is 0 Å². The molecule has 0 saturated carbocycles. The van der Waals surface area contributed by atoms with Crippen LogP contribution in [0.3, 0.4) is 0 Å². The predicted octanol–water partition coefficient (Wildman–Crippen LogP) is 27.2. The number of nitrogens with zero attached hydrogens (tertiary/aromatic N) is 2. The molecule has 4 aliphatic carbocycles. The Morgan fingerprint density at radius 1 is 0.200 bits per heavy atom. The molecule has 0 amide bonds. The lowest BCUT2D eigenvalue weighted by atomic mass is 9.66. The summed E-state index contributed by atoms with van der Waals surface area (Å²) in [7, 11) is 0. The second kappa shape index (κ2) is 24.1. The fourth-order valence-electron chi connectivity index (χ4n) is 20.4. The Morgan fingerprint density at radius 3 is 0.873 bits per heavy atom.